The Morgan fingerprint density at radius 2 is 2.22 bits per heavy atom. The van der Waals surface area contributed by atoms with E-state index in [9.17, 15) is 13.2 Å². The molecule has 100 valence electrons. The molecule has 2 N–H and O–H groups in total. The van der Waals surface area contributed by atoms with Crippen molar-refractivity contribution in [2.75, 3.05) is 12.9 Å². The van der Waals surface area contributed by atoms with Gasteiger partial charge in [0.15, 0.2) is 0 Å². The highest BCUT2D eigenvalue weighted by atomic mass is 32.2. The lowest BCUT2D eigenvalue weighted by Gasteiger charge is -2.05. The first kappa shape index (κ1) is 14.4. The average molecular weight is 274 g/mol. The van der Waals surface area contributed by atoms with Gasteiger partial charge in [0, 0.05) is 18.8 Å². The quantitative estimate of drug-likeness (QED) is 0.724. The number of ether oxygens (including phenoxy) is 1. The summed E-state index contributed by atoms with van der Waals surface area (Å²) >= 11 is 0. The number of carboxylic acids is 1. The molecule has 0 unspecified atom stereocenters. The molecule has 1 heterocycles. The van der Waals surface area contributed by atoms with Crippen molar-refractivity contribution in [3.63, 3.8) is 0 Å². The summed E-state index contributed by atoms with van der Waals surface area (Å²) in [6, 6.07) is 3.28. The van der Waals surface area contributed by atoms with Crippen LogP contribution in [0.25, 0.3) is 0 Å². The van der Waals surface area contributed by atoms with Crippen LogP contribution in [-0.2, 0) is 21.4 Å². The van der Waals surface area contributed by atoms with Gasteiger partial charge in [-0.05, 0) is 5.56 Å². The number of hydrogen-bond acceptors (Lipinski definition) is 5. The van der Waals surface area contributed by atoms with Crippen molar-refractivity contribution < 1.29 is 23.1 Å². The van der Waals surface area contributed by atoms with Crippen molar-refractivity contribution in [1.82, 2.24) is 9.71 Å². The Balaban J connectivity index is 2.50. The van der Waals surface area contributed by atoms with Crippen molar-refractivity contribution >= 4 is 16.0 Å². The van der Waals surface area contributed by atoms with Crippen molar-refractivity contribution in [3.05, 3.63) is 23.9 Å². The summed E-state index contributed by atoms with van der Waals surface area (Å²) < 4.78 is 30.0. The topological polar surface area (TPSA) is 106 Å². The van der Waals surface area contributed by atoms with Crippen molar-refractivity contribution in [3.8, 4) is 5.88 Å². The number of aromatic nitrogens is 1. The summed E-state index contributed by atoms with van der Waals surface area (Å²) in [4.78, 5) is 14.2. The molecule has 1 aromatic heterocycles. The number of methoxy groups -OCH3 is 1. The van der Waals surface area contributed by atoms with E-state index in [1.807, 2.05) is 0 Å². The maximum absolute atomic E-state index is 11.4. The zero-order valence-electron chi connectivity index (χ0n) is 9.79. The van der Waals surface area contributed by atoms with Crippen LogP contribution < -0.4 is 9.46 Å². The average Bonchev–Trinajstić information content (AvgIpc) is 2.35. The molecular formula is C10H14N2O5S. The van der Waals surface area contributed by atoms with E-state index in [1.54, 1.807) is 12.1 Å². The summed E-state index contributed by atoms with van der Waals surface area (Å²) in [5.41, 5.74) is 0.662. The van der Waals surface area contributed by atoms with Gasteiger partial charge in [-0.2, -0.15) is 0 Å². The van der Waals surface area contributed by atoms with E-state index in [4.69, 9.17) is 9.84 Å². The molecule has 0 aliphatic rings. The maximum Gasteiger partial charge on any atom is 0.304 e. The number of carboxylic acid groups (broad SMARTS) is 1. The third kappa shape index (κ3) is 5.11. The van der Waals surface area contributed by atoms with Crippen LogP contribution in [0.1, 0.15) is 12.0 Å². The van der Waals surface area contributed by atoms with E-state index in [0.717, 1.165) is 0 Å². The zero-order valence-corrected chi connectivity index (χ0v) is 10.6. The maximum atomic E-state index is 11.4. The molecule has 8 heteroatoms. The third-order valence-electron chi connectivity index (χ3n) is 2.09. The number of nitrogens with one attached hydrogen (secondary N) is 1. The molecule has 0 saturated carbocycles. The molecule has 0 aromatic carbocycles. The molecule has 1 rings (SSSR count). The molecule has 0 atom stereocenters. The van der Waals surface area contributed by atoms with Crippen LogP contribution in [0.2, 0.25) is 0 Å². The second kappa shape index (κ2) is 6.31. The normalized spacial score (nSPS) is 11.2. The lowest BCUT2D eigenvalue weighted by molar-refractivity contribution is -0.136. The first-order chi connectivity index (χ1) is 8.43. The predicted molar refractivity (Wildman–Crippen MR) is 63.7 cm³/mol. The van der Waals surface area contributed by atoms with E-state index < -0.39 is 28.2 Å². The molecule has 0 radical (unpaired) electrons. The smallest absolute Gasteiger partial charge is 0.304 e. The van der Waals surface area contributed by atoms with Crippen molar-refractivity contribution in [2.45, 2.75) is 13.0 Å². The Morgan fingerprint density at radius 3 is 2.72 bits per heavy atom. The fraction of sp³-hybridized carbons (Fsp3) is 0.400. The van der Waals surface area contributed by atoms with Crippen LogP contribution in [-0.4, -0.2) is 37.3 Å². The predicted octanol–water partition coefficient (Wildman–Crippen LogP) is -0.0157. The highest BCUT2D eigenvalue weighted by Gasteiger charge is 2.12. The Bertz CT molecular complexity index is 498. The Morgan fingerprint density at radius 1 is 1.50 bits per heavy atom. The zero-order chi connectivity index (χ0) is 13.6. The van der Waals surface area contributed by atoms with Crippen LogP contribution in [0, 0.1) is 0 Å². The van der Waals surface area contributed by atoms with Gasteiger partial charge < -0.3 is 9.84 Å². The summed E-state index contributed by atoms with van der Waals surface area (Å²) in [6.45, 7) is 0.0684. The van der Waals surface area contributed by atoms with Gasteiger partial charge in [-0.1, -0.05) is 6.07 Å². The number of hydrogen-bond donors (Lipinski definition) is 2. The summed E-state index contributed by atoms with van der Waals surface area (Å²) in [6.07, 6.45) is 1.06. The molecule has 7 nitrogen and oxygen atoms in total. The number of pyridine rings is 1. The molecule has 0 bridgehead atoms. The van der Waals surface area contributed by atoms with Crippen LogP contribution >= 0.6 is 0 Å². The van der Waals surface area contributed by atoms with Crippen LogP contribution in [0.4, 0.5) is 0 Å². The molecule has 0 amide bonds. The fourth-order valence-corrected chi connectivity index (χ4v) is 2.10. The summed E-state index contributed by atoms with van der Waals surface area (Å²) in [7, 11) is -2.10. The molecule has 0 aliphatic heterocycles. The molecular weight excluding hydrogens is 260 g/mol. The lowest BCUT2D eigenvalue weighted by Crippen LogP contribution is -2.27. The van der Waals surface area contributed by atoms with Gasteiger partial charge in [-0.3, -0.25) is 4.79 Å². The second-order valence-electron chi connectivity index (χ2n) is 3.49. The Kier molecular flexibility index (Phi) is 5.05. The van der Waals surface area contributed by atoms with E-state index in [1.165, 1.54) is 13.3 Å². The number of rotatable bonds is 7. The van der Waals surface area contributed by atoms with E-state index in [0.29, 0.717) is 11.4 Å². The van der Waals surface area contributed by atoms with Crippen LogP contribution in [0.5, 0.6) is 5.88 Å². The first-order valence-corrected chi connectivity index (χ1v) is 6.76. The molecule has 1 aromatic rings. The van der Waals surface area contributed by atoms with Crippen molar-refractivity contribution in [2.24, 2.45) is 0 Å². The van der Waals surface area contributed by atoms with Gasteiger partial charge in [0.1, 0.15) is 0 Å². The molecule has 18 heavy (non-hydrogen) atoms. The molecule has 0 saturated heterocycles. The number of sulfonamides is 1. The fourth-order valence-electron chi connectivity index (χ4n) is 1.12. The second-order valence-corrected chi connectivity index (χ2v) is 5.42. The molecule has 0 fully saturated rings. The minimum absolute atomic E-state index is 0.0684. The lowest BCUT2D eigenvalue weighted by atomic mass is 10.3. The van der Waals surface area contributed by atoms with Crippen molar-refractivity contribution in [1.29, 1.82) is 0 Å². The highest BCUT2D eigenvalue weighted by Crippen LogP contribution is 2.06. The number of carbonyl (C=O) groups is 1. The number of aliphatic carboxylic acids is 1. The van der Waals surface area contributed by atoms with Gasteiger partial charge in [0.05, 0.1) is 19.3 Å². The summed E-state index contributed by atoms with van der Waals surface area (Å²) in [5, 5.41) is 8.40. The van der Waals surface area contributed by atoms with Gasteiger partial charge in [-0.25, -0.2) is 18.1 Å². The minimum atomic E-state index is -3.58. The molecule has 0 aliphatic carbocycles. The highest BCUT2D eigenvalue weighted by molar-refractivity contribution is 7.89. The van der Waals surface area contributed by atoms with E-state index in [2.05, 4.69) is 9.71 Å². The minimum Gasteiger partial charge on any atom is -0.481 e. The largest absolute Gasteiger partial charge is 0.481 e. The van der Waals surface area contributed by atoms with Gasteiger partial charge in [0.2, 0.25) is 15.9 Å². The third-order valence-corrected chi connectivity index (χ3v) is 3.41. The summed E-state index contributed by atoms with van der Waals surface area (Å²) in [5.74, 6) is -1.15. The van der Waals surface area contributed by atoms with Gasteiger partial charge in [-0.15, -0.1) is 0 Å². The standard InChI is InChI=1S/C10H14N2O5S/c1-17-9-3-2-8(6-11-9)7-12-18(15,16)5-4-10(13)14/h2-3,6,12H,4-5,7H2,1H3,(H,13,14). The van der Waals surface area contributed by atoms with Crippen LogP contribution in [0.3, 0.4) is 0 Å². The SMILES string of the molecule is COc1ccc(CNS(=O)(=O)CCC(=O)O)cn1. The number of nitrogens with zero attached hydrogens (tertiary/aromatic N) is 1. The Hall–Kier alpha value is -1.67. The Labute approximate surface area is 105 Å². The van der Waals surface area contributed by atoms with Gasteiger partial charge >= 0.3 is 5.97 Å². The van der Waals surface area contributed by atoms with E-state index >= 15 is 0 Å². The molecule has 0 spiro atoms. The van der Waals surface area contributed by atoms with E-state index in [-0.39, 0.29) is 6.54 Å². The monoisotopic (exact) mass is 274 g/mol. The first-order valence-electron chi connectivity index (χ1n) is 5.11. The van der Waals surface area contributed by atoms with Crippen LogP contribution in [0.15, 0.2) is 18.3 Å². The van der Waals surface area contributed by atoms with Gasteiger partial charge in [0.25, 0.3) is 0 Å².